The van der Waals surface area contributed by atoms with Crippen molar-refractivity contribution in [1.82, 2.24) is 19.3 Å². The molecular weight excluding hydrogens is 528 g/mol. The van der Waals surface area contributed by atoms with Crippen molar-refractivity contribution in [1.29, 1.82) is 0 Å². The number of rotatable bonds is 4. The molecule has 0 aliphatic heterocycles. The van der Waals surface area contributed by atoms with Crippen LogP contribution in [0.5, 0.6) is 0 Å². The van der Waals surface area contributed by atoms with Gasteiger partial charge < -0.3 is 4.55 Å². The second-order valence-electron chi connectivity index (χ2n) is 7.10. The van der Waals surface area contributed by atoms with Crippen molar-refractivity contribution >= 4 is 49.6 Å². The van der Waals surface area contributed by atoms with E-state index in [-0.39, 0.29) is 10.5 Å². The van der Waals surface area contributed by atoms with Crippen molar-refractivity contribution in [3.63, 3.8) is 0 Å². The number of aromatic nitrogens is 4. The zero-order valence-electron chi connectivity index (χ0n) is 16.7. The molecule has 1 N–H and O–H groups in total. The van der Waals surface area contributed by atoms with Crippen LogP contribution in [-0.2, 0) is 11.1 Å². The Labute approximate surface area is 203 Å². The summed E-state index contributed by atoms with van der Waals surface area (Å²) >= 11 is 7.34. The molecule has 2 heterocycles. The van der Waals surface area contributed by atoms with E-state index in [0.29, 0.717) is 33.3 Å². The topological polar surface area (TPSA) is 90.0 Å². The third-order valence-electron chi connectivity index (χ3n) is 5.05. The van der Waals surface area contributed by atoms with Crippen LogP contribution in [0.4, 0.5) is 0 Å². The first-order valence-electron chi connectivity index (χ1n) is 9.66. The Hall–Kier alpha value is -3.11. The molecule has 0 amide bonds. The van der Waals surface area contributed by atoms with Gasteiger partial charge in [0.05, 0.1) is 22.5 Å². The highest BCUT2D eigenvalue weighted by molar-refractivity contribution is 9.10. The average molecular weight is 542 g/mol. The first-order chi connectivity index (χ1) is 15.9. The predicted molar refractivity (Wildman–Crippen MR) is 132 cm³/mol. The normalized spacial score (nSPS) is 12.2. The van der Waals surface area contributed by atoms with Gasteiger partial charge in [0.2, 0.25) is 0 Å². The number of halogens is 2. The minimum atomic E-state index is -2.15. The zero-order valence-corrected chi connectivity index (χ0v) is 19.9. The summed E-state index contributed by atoms with van der Waals surface area (Å²) in [6, 6.07) is 20.9. The third kappa shape index (κ3) is 4.04. The molecule has 10 heteroatoms. The zero-order chi connectivity index (χ0) is 23.1. The molecule has 164 valence electrons. The van der Waals surface area contributed by atoms with Gasteiger partial charge in [0.1, 0.15) is 11.2 Å². The molecule has 0 aliphatic rings. The summed E-state index contributed by atoms with van der Waals surface area (Å²) in [6.45, 7) is 0. The highest BCUT2D eigenvalue weighted by atomic mass is 79.9. The Morgan fingerprint density at radius 2 is 1.70 bits per heavy atom. The van der Waals surface area contributed by atoms with Gasteiger partial charge in [-0.25, -0.2) is 13.9 Å². The molecule has 0 aliphatic carbocycles. The van der Waals surface area contributed by atoms with E-state index in [9.17, 15) is 13.6 Å². The summed E-state index contributed by atoms with van der Waals surface area (Å²) in [5, 5.41) is 5.22. The van der Waals surface area contributed by atoms with Gasteiger partial charge in [-0.15, -0.1) is 0 Å². The molecule has 0 spiro atoms. The minimum Gasteiger partial charge on any atom is -0.302 e. The van der Waals surface area contributed by atoms with Crippen LogP contribution < -0.4 is 5.56 Å². The summed E-state index contributed by atoms with van der Waals surface area (Å²) in [7, 11) is 0. The van der Waals surface area contributed by atoms with Crippen molar-refractivity contribution in [3.05, 3.63) is 98.8 Å². The van der Waals surface area contributed by atoms with E-state index in [2.05, 4.69) is 21.0 Å². The van der Waals surface area contributed by atoms with E-state index in [4.69, 9.17) is 16.6 Å². The third-order valence-corrected chi connectivity index (χ3v) is 6.49. The smallest absolute Gasteiger partial charge is 0.269 e. The predicted octanol–water partition coefficient (Wildman–Crippen LogP) is 5.23. The summed E-state index contributed by atoms with van der Waals surface area (Å²) in [5.74, 6) is 0.422. The minimum absolute atomic E-state index is 0.221. The number of hydrogen-bond donors (Lipinski definition) is 1. The summed E-state index contributed by atoms with van der Waals surface area (Å²) < 4.78 is 24.9. The molecule has 0 fully saturated rings. The van der Waals surface area contributed by atoms with E-state index in [0.717, 1.165) is 10.0 Å². The van der Waals surface area contributed by atoms with Crippen molar-refractivity contribution in [2.45, 2.75) is 4.90 Å². The lowest BCUT2D eigenvalue weighted by molar-refractivity contribution is 0.564. The van der Waals surface area contributed by atoms with Crippen LogP contribution in [0, 0.1) is 0 Å². The Balaban J connectivity index is 1.82. The molecule has 5 rings (SSSR count). The van der Waals surface area contributed by atoms with E-state index in [1.807, 2.05) is 24.3 Å². The average Bonchev–Trinajstić information content (AvgIpc) is 3.25. The summed E-state index contributed by atoms with van der Waals surface area (Å²) in [6.07, 6.45) is 1.45. The van der Waals surface area contributed by atoms with Gasteiger partial charge in [0.15, 0.2) is 16.7 Å². The number of benzene rings is 3. The van der Waals surface area contributed by atoms with Gasteiger partial charge in [-0.2, -0.15) is 5.10 Å². The standard InChI is InChI=1S/C23H14BrClN4O3S/c24-15-6-4-14(5-7-15)21-27-22-20(23(30)28(21)17-10-8-16(25)9-11-17)13-26-29(22)18-2-1-3-19(12-18)33(31)32/h1-13H,(H,31,32). The molecule has 0 saturated heterocycles. The maximum atomic E-state index is 13.6. The SMILES string of the molecule is O=c1c2cnn(-c3cccc(S(=O)O)c3)c2nc(-c2ccc(Br)cc2)n1-c1ccc(Cl)cc1. The molecule has 0 saturated carbocycles. The molecule has 1 unspecified atom stereocenters. The van der Waals surface area contributed by atoms with Gasteiger partial charge in [-0.05, 0) is 54.6 Å². The Morgan fingerprint density at radius 1 is 0.970 bits per heavy atom. The molecule has 1 atom stereocenters. The lowest BCUT2D eigenvalue weighted by Gasteiger charge is -2.14. The van der Waals surface area contributed by atoms with Crippen LogP contribution in [0.1, 0.15) is 0 Å². The molecule has 0 radical (unpaired) electrons. The fraction of sp³-hybridized carbons (Fsp3) is 0. The van der Waals surface area contributed by atoms with E-state index >= 15 is 0 Å². The van der Waals surface area contributed by atoms with Crippen LogP contribution in [0.2, 0.25) is 5.02 Å². The molecule has 5 aromatic rings. The van der Waals surface area contributed by atoms with Crippen molar-refractivity contribution < 1.29 is 8.76 Å². The molecule has 7 nitrogen and oxygen atoms in total. The fourth-order valence-corrected chi connectivity index (χ4v) is 4.31. The van der Waals surface area contributed by atoms with Gasteiger partial charge in [0, 0.05) is 15.1 Å². The maximum absolute atomic E-state index is 13.6. The first kappa shape index (κ1) is 21.7. The van der Waals surface area contributed by atoms with Crippen molar-refractivity contribution in [2.24, 2.45) is 0 Å². The second kappa shape index (κ2) is 8.68. The highest BCUT2D eigenvalue weighted by Crippen LogP contribution is 2.26. The number of nitrogens with zero attached hydrogens (tertiary/aromatic N) is 4. The molecule has 2 aromatic heterocycles. The van der Waals surface area contributed by atoms with E-state index in [1.165, 1.54) is 21.5 Å². The van der Waals surface area contributed by atoms with Crippen molar-refractivity contribution in [2.75, 3.05) is 0 Å². The monoisotopic (exact) mass is 540 g/mol. The van der Waals surface area contributed by atoms with Gasteiger partial charge >= 0.3 is 0 Å². The van der Waals surface area contributed by atoms with Crippen LogP contribution in [-0.4, -0.2) is 28.1 Å². The lowest BCUT2D eigenvalue weighted by Crippen LogP contribution is -2.22. The second-order valence-corrected chi connectivity index (χ2v) is 9.42. The Bertz CT molecular complexity index is 1580. The summed E-state index contributed by atoms with van der Waals surface area (Å²) in [4.78, 5) is 18.7. The maximum Gasteiger partial charge on any atom is 0.269 e. The number of fused-ring (bicyclic) bond motifs is 1. The first-order valence-corrected chi connectivity index (χ1v) is 11.9. The highest BCUT2D eigenvalue weighted by Gasteiger charge is 2.19. The fourth-order valence-electron chi connectivity index (χ4n) is 3.50. The van der Waals surface area contributed by atoms with Crippen LogP contribution in [0.15, 0.2) is 93.2 Å². The molecule has 33 heavy (non-hydrogen) atoms. The van der Waals surface area contributed by atoms with Gasteiger partial charge in [-0.1, -0.05) is 45.7 Å². The van der Waals surface area contributed by atoms with Gasteiger partial charge in [0.25, 0.3) is 5.56 Å². The Kier molecular flexibility index (Phi) is 5.71. The number of hydrogen-bond acceptors (Lipinski definition) is 4. The Morgan fingerprint density at radius 3 is 2.39 bits per heavy atom. The quantitative estimate of drug-likeness (QED) is 0.315. The summed E-state index contributed by atoms with van der Waals surface area (Å²) in [5.41, 5.74) is 1.90. The molecule has 0 bridgehead atoms. The molecular formula is C23H14BrClN4O3S. The van der Waals surface area contributed by atoms with Crippen molar-refractivity contribution in [3.8, 4) is 22.8 Å². The molecule has 3 aromatic carbocycles. The largest absolute Gasteiger partial charge is 0.302 e. The van der Waals surface area contributed by atoms with Gasteiger partial charge in [-0.3, -0.25) is 9.36 Å². The lowest BCUT2D eigenvalue weighted by atomic mass is 10.2. The van der Waals surface area contributed by atoms with E-state index < -0.39 is 11.1 Å². The van der Waals surface area contributed by atoms with Crippen LogP contribution in [0.25, 0.3) is 33.8 Å². The van der Waals surface area contributed by atoms with Crippen LogP contribution in [0.3, 0.4) is 0 Å². The van der Waals surface area contributed by atoms with E-state index in [1.54, 1.807) is 42.5 Å². The van der Waals surface area contributed by atoms with Crippen LogP contribution >= 0.6 is 27.5 Å².